The normalized spacial score (nSPS) is 10.1. The summed E-state index contributed by atoms with van der Waals surface area (Å²) in [4.78, 5) is 11.8. The first kappa shape index (κ1) is 16.2. The highest BCUT2D eigenvalue weighted by atomic mass is 35.5. The minimum atomic E-state index is -0.199. The Balaban J connectivity index is 1.74. The van der Waals surface area contributed by atoms with Crippen LogP contribution < -0.4 is 15.4 Å². The number of amides is 2. The summed E-state index contributed by atoms with van der Waals surface area (Å²) in [6, 6.07) is 15.0. The Morgan fingerprint density at radius 1 is 1.14 bits per heavy atom. The summed E-state index contributed by atoms with van der Waals surface area (Å²) < 4.78 is 5.28. The second-order valence-electron chi connectivity index (χ2n) is 4.80. The van der Waals surface area contributed by atoms with E-state index in [0.717, 1.165) is 16.9 Å². The molecular weight excluding hydrogens is 300 g/mol. The molecule has 0 atom stereocenters. The third-order valence-electron chi connectivity index (χ3n) is 3.21. The second-order valence-corrected chi connectivity index (χ2v) is 5.24. The number of hydrogen-bond donors (Lipinski definition) is 2. The van der Waals surface area contributed by atoms with Crippen molar-refractivity contribution in [2.45, 2.75) is 13.0 Å². The number of carbonyl (C=O) groups is 1. The second kappa shape index (κ2) is 8.29. The zero-order valence-corrected chi connectivity index (χ0v) is 13.2. The number of benzene rings is 2. The van der Waals surface area contributed by atoms with Crippen LogP contribution in [0.4, 0.5) is 4.79 Å². The molecule has 0 radical (unpaired) electrons. The first-order valence-electron chi connectivity index (χ1n) is 7.07. The highest BCUT2D eigenvalue weighted by molar-refractivity contribution is 6.30. The molecule has 116 valence electrons. The van der Waals surface area contributed by atoms with Gasteiger partial charge in [0, 0.05) is 18.1 Å². The molecule has 2 rings (SSSR count). The summed E-state index contributed by atoms with van der Waals surface area (Å²) in [5.74, 6) is 0.837. The van der Waals surface area contributed by atoms with Crippen molar-refractivity contribution in [3.05, 3.63) is 64.7 Å². The van der Waals surface area contributed by atoms with Gasteiger partial charge in [-0.05, 0) is 35.7 Å². The molecule has 2 N–H and O–H groups in total. The fourth-order valence-corrected chi connectivity index (χ4v) is 2.32. The number of halogens is 1. The van der Waals surface area contributed by atoms with Crippen LogP contribution >= 0.6 is 11.6 Å². The molecular formula is C17H19ClN2O2. The van der Waals surface area contributed by atoms with Crippen molar-refractivity contribution in [2.75, 3.05) is 13.7 Å². The van der Waals surface area contributed by atoms with Gasteiger partial charge in [-0.15, -0.1) is 0 Å². The van der Waals surface area contributed by atoms with E-state index in [9.17, 15) is 4.79 Å². The van der Waals surface area contributed by atoms with Crippen LogP contribution in [0, 0.1) is 0 Å². The Morgan fingerprint density at radius 2 is 1.95 bits per heavy atom. The van der Waals surface area contributed by atoms with Gasteiger partial charge < -0.3 is 15.4 Å². The summed E-state index contributed by atoms with van der Waals surface area (Å²) >= 11 is 5.90. The lowest BCUT2D eigenvalue weighted by Crippen LogP contribution is -2.36. The molecule has 22 heavy (non-hydrogen) atoms. The molecule has 2 amide bonds. The molecule has 0 unspecified atom stereocenters. The molecule has 2 aromatic rings. The van der Waals surface area contributed by atoms with Crippen LogP contribution in [0.25, 0.3) is 0 Å². The van der Waals surface area contributed by atoms with E-state index in [1.165, 1.54) is 0 Å². The average Bonchev–Trinajstić information content (AvgIpc) is 2.53. The molecule has 0 heterocycles. The Kier molecular flexibility index (Phi) is 6.10. The van der Waals surface area contributed by atoms with E-state index < -0.39 is 0 Å². The van der Waals surface area contributed by atoms with Gasteiger partial charge >= 0.3 is 6.03 Å². The Morgan fingerprint density at radius 3 is 2.73 bits per heavy atom. The average molecular weight is 319 g/mol. The number of urea groups is 1. The number of nitrogens with one attached hydrogen (secondary N) is 2. The van der Waals surface area contributed by atoms with Crippen LogP contribution in [0.15, 0.2) is 48.5 Å². The van der Waals surface area contributed by atoms with Gasteiger partial charge in [0.15, 0.2) is 0 Å². The maximum absolute atomic E-state index is 11.8. The molecule has 0 saturated heterocycles. The first-order chi connectivity index (χ1) is 10.7. The smallest absolute Gasteiger partial charge is 0.315 e. The van der Waals surface area contributed by atoms with Crippen molar-refractivity contribution in [2.24, 2.45) is 0 Å². The molecule has 4 nitrogen and oxygen atoms in total. The summed E-state index contributed by atoms with van der Waals surface area (Å²) in [6.07, 6.45) is 0.717. The third-order valence-corrected chi connectivity index (χ3v) is 3.45. The summed E-state index contributed by atoms with van der Waals surface area (Å²) in [5, 5.41) is 6.29. The predicted octanol–water partition coefficient (Wildman–Crippen LogP) is 3.39. The number of rotatable bonds is 6. The van der Waals surface area contributed by atoms with E-state index in [4.69, 9.17) is 16.3 Å². The molecule has 0 saturated carbocycles. The molecule has 0 aliphatic rings. The van der Waals surface area contributed by atoms with Gasteiger partial charge in [-0.25, -0.2) is 4.79 Å². The van der Waals surface area contributed by atoms with Crippen molar-refractivity contribution < 1.29 is 9.53 Å². The minimum Gasteiger partial charge on any atom is -0.496 e. The Hall–Kier alpha value is -2.20. The molecule has 0 fully saturated rings. The van der Waals surface area contributed by atoms with Crippen molar-refractivity contribution in [1.82, 2.24) is 10.6 Å². The predicted molar refractivity (Wildman–Crippen MR) is 88.4 cm³/mol. The molecule has 0 spiro atoms. The fourth-order valence-electron chi connectivity index (χ4n) is 2.11. The lowest BCUT2D eigenvalue weighted by Gasteiger charge is -2.10. The van der Waals surface area contributed by atoms with Gasteiger partial charge in [0.2, 0.25) is 0 Å². The quantitative estimate of drug-likeness (QED) is 0.857. The molecule has 0 bridgehead atoms. The summed E-state index contributed by atoms with van der Waals surface area (Å²) in [6.45, 7) is 0.989. The highest BCUT2D eigenvalue weighted by Crippen LogP contribution is 2.17. The fraction of sp³-hybridized carbons (Fsp3) is 0.235. The number of methoxy groups -OCH3 is 1. The summed E-state index contributed by atoms with van der Waals surface area (Å²) in [5.41, 5.74) is 2.03. The van der Waals surface area contributed by atoms with E-state index in [2.05, 4.69) is 10.6 Å². The van der Waals surface area contributed by atoms with Crippen molar-refractivity contribution >= 4 is 17.6 Å². The first-order valence-corrected chi connectivity index (χ1v) is 7.45. The van der Waals surface area contributed by atoms with Gasteiger partial charge in [0.25, 0.3) is 0 Å². The topological polar surface area (TPSA) is 50.4 Å². The van der Waals surface area contributed by atoms with E-state index in [1.54, 1.807) is 13.2 Å². The van der Waals surface area contributed by atoms with Crippen LogP contribution in [0.5, 0.6) is 5.75 Å². The zero-order chi connectivity index (χ0) is 15.8. The molecule has 0 aromatic heterocycles. The monoisotopic (exact) mass is 318 g/mol. The Bertz CT molecular complexity index is 632. The molecule has 0 aliphatic carbocycles. The van der Waals surface area contributed by atoms with E-state index in [-0.39, 0.29) is 6.03 Å². The lowest BCUT2D eigenvalue weighted by atomic mass is 10.1. The van der Waals surface area contributed by atoms with E-state index in [1.807, 2.05) is 42.5 Å². The maximum Gasteiger partial charge on any atom is 0.315 e. The van der Waals surface area contributed by atoms with Crippen molar-refractivity contribution in [3.63, 3.8) is 0 Å². The van der Waals surface area contributed by atoms with E-state index in [0.29, 0.717) is 24.5 Å². The SMILES string of the molecule is COc1ccccc1CCNC(=O)NCc1cccc(Cl)c1. The number of hydrogen-bond acceptors (Lipinski definition) is 2. The van der Waals surface area contributed by atoms with Crippen molar-refractivity contribution in [3.8, 4) is 5.75 Å². The maximum atomic E-state index is 11.8. The summed E-state index contributed by atoms with van der Waals surface area (Å²) in [7, 11) is 1.64. The van der Waals surface area contributed by atoms with Crippen LogP contribution in [0.2, 0.25) is 5.02 Å². The van der Waals surface area contributed by atoms with Crippen LogP contribution in [0.1, 0.15) is 11.1 Å². The number of carbonyl (C=O) groups excluding carboxylic acids is 1. The van der Waals surface area contributed by atoms with Gasteiger partial charge in [-0.3, -0.25) is 0 Å². The molecule has 0 aliphatic heterocycles. The Labute approximate surface area is 135 Å². The van der Waals surface area contributed by atoms with Crippen LogP contribution in [0.3, 0.4) is 0 Å². The van der Waals surface area contributed by atoms with E-state index >= 15 is 0 Å². The minimum absolute atomic E-state index is 0.199. The molecule has 2 aromatic carbocycles. The van der Waals surface area contributed by atoms with Crippen LogP contribution in [-0.2, 0) is 13.0 Å². The van der Waals surface area contributed by atoms with Gasteiger partial charge in [0.1, 0.15) is 5.75 Å². The number of para-hydroxylation sites is 1. The highest BCUT2D eigenvalue weighted by Gasteiger charge is 2.04. The third kappa shape index (κ3) is 4.97. The number of ether oxygens (including phenoxy) is 1. The zero-order valence-electron chi connectivity index (χ0n) is 12.4. The largest absolute Gasteiger partial charge is 0.496 e. The van der Waals surface area contributed by atoms with Gasteiger partial charge in [0.05, 0.1) is 7.11 Å². The van der Waals surface area contributed by atoms with Gasteiger partial charge in [-0.1, -0.05) is 41.9 Å². The molecule has 5 heteroatoms. The lowest BCUT2D eigenvalue weighted by molar-refractivity contribution is 0.240. The standard InChI is InChI=1S/C17H19ClN2O2/c1-22-16-8-3-2-6-14(16)9-10-19-17(21)20-12-13-5-4-7-15(18)11-13/h2-8,11H,9-10,12H2,1H3,(H2,19,20,21). The van der Waals surface area contributed by atoms with Crippen LogP contribution in [-0.4, -0.2) is 19.7 Å². The van der Waals surface area contributed by atoms with Crippen molar-refractivity contribution in [1.29, 1.82) is 0 Å². The van der Waals surface area contributed by atoms with Gasteiger partial charge in [-0.2, -0.15) is 0 Å².